The number of hydrogen-bond acceptors (Lipinski definition) is 4. The molecule has 1 heterocycles. The molecule has 0 saturated carbocycles. The molecule has 26 heavy (non-hydrogen) atoms. The van der Waals surface area contributed by atoms with E-state index in [1.165, 1.54) is 6.33 Å². The molecule has 0 bridgehead atoms. The van der Waals surface area contributed by atoms with Crippen molar-refractivity contribution < 1.29 is 9.53 Å². The van der Waals surface area contributed by atoms with Crippen LogP contribution in [-0.4, -0.2) is 39.2 Å². The van der Waals surface area contributed by atoms with Crippen LogP contribution in [0.25, 0.3) is 5.69 Å². The topological polar surface area (TPSA) is 60.2 Å². The van der Waals surface area contributed by atoms with Gasteiger partial charge in [0.2, 0.25) is 0 Å². The van der Waals surface area contributed by atoms with Crippen molar-refractivity contribution in [2.24, 2.45) is 0 Å². The quantitative estimate of drug-likeness (QED) is 0.616. The van der Waals surface area contributed by atoms with E-state index in [-0.39, 0.29) is 5.91 Å². The van der Waals surface area contributed by atoms with Crippen molar-refractivity contribution in [3.05, 3.63) is 85.0 Å². The second kappa shape index (κ2) is 8.11. The van der Waals surface area contributed by atoms with Gasteiger partial charge in [-0.25, -0.2) is 9.67 Å². The Bertz CT molecular complexity index is 856. The van der Waals surface area contributed by atoms with E-state index in [0.29, 0.717) is 18.7 Å². The van der Waals surface area contributed by atoms with Gasteiger partial charge < -0.3 is 9.64 Å². The second-order valence-corrected chi connectivity index (χ2v) is 5.71. The predicted molar refractivity (Wildman–Crippen MR) is 99.3 cm³/mol. The maximum Gasteiger partial charge on any atom is 0.254 e. The third-order valence-electron chi connectivity index (χ3n) is 3.97. The van der Waals surface area contributed by atoms with Crippen molar-refractivity contribution in [1.82, 2.24) is 19.7 Å². The highest BCUT2D eigenvalue weighted by Gasteiger charge is 2.15. The Morgan fingerprint density at radius 1 is 1.19 bits per heavy atom. The van der Waals surface area contributed by atoms with Crippen LogP contribution in [0.15, 0.2) is 73.8 Å². The van der Waals surface area contributed by atoms with Crippen molar-refractivity contribution in [3.63, 3.8) is 0 Å². The number of rotatable bonds is 7. The molecule has 0 spiro atoms. The average molecular weight is 348 g/mol. The number of carbonyl (C=O) groups is 1. The summed E-state index contributed by atoms with van der Waals surface area (Å²) in [7, 11) is 1.63. The Balaban J connectivity index is 1.76. The van der Waals surface area contributed by atoms with Crippen LogP contribution in [0.3, 0.4) is 0 Å². The van der Waals surface area contributed by atoms with Gasteiger partial charge in [0.15, 0.2) is 0 Å². The van der Waals surface area contributed by atoms with Gasteiger partial charge in [-0.05, 0) is 42.0 Å². The zero-order chi connectivity index (χ0) is 18.4. The van der Waals surface area contributed by atoms with E-state index in [9.17, 15) is 4.79 Å². The molecule has 0 unspecified atom stereocenters. The van der Waals surface area contributed by atoms with Crippen LogP contribution in [0, 0.1) is 0 Å². The van der Waals surface area contributed by atoms with E-state index < -0.39 is 0 Å². The predicted octanol–water partition coefficient (Wildman–Crippen LogP) is 3.10. The van der Waals surface area contributed by atoms with Gasteiger partial charge >= 0.3 is 0 Å². The Labute approximate surface area is 152 Å². The van der Waals surface area contributed by atoms with E-state index in [0.717, 1.165) is 17.0 Å². The van der Waals surface area contributed by atoms with Gasteiger partial charge in [-0.2, -0.15) is 5.10 Å². The van der Waals surface area contributed by atoms with Crippen LogP contribution in [0.5, 0.6) is 5.75 Å². The molecular formula is C20H20N4O2. The van der Waals surface area contributed by atoms with Crippen molar-refractivity contribution >= 4 is 5.91 Å². The average Bonchev–Trinajstić information content (AvgIpc) is 3.22. The number of amides is 1. The molecule has 1 aromatic heterocycles. The maximum atomic E-state index is 12.9. The monoisotopic (exact) mass is 348 g/mol. The minimum absolute atomic E-state index is 0.0501. The summed E-state index contributed by atoms with van der Waals surface area (Å²) in [6, 6.07) is 15.0. The van der Waals surface area contributed by atoms with E-state index in [4.69, 9.17) is 4.74 Å². The highest BCUT2D eigenvalue weighted by Crippen LogP contribution is 2.16. The van der Waals surface area contributed by atoms with Crippen LogP contribution in [-0.2, 0) is 6.54 Å². The summed E-state index contributed by atoms with van der Waals surface area (Å²) in [5.41, 5.74) is 2.49. The van der Waals surface area contributed by atoms with Crippen LogP contribution < -0.4 is 4.74 Å². The fourth-order valence-corrected chi connectivity index (χ4v) is 2.61. The number of hydrogen-bond donors (Lipinski definition) is 0. The molecule has 0 atom stereocenters. The van der Waals surface area contributed by atoms with Gasteiger partial charge in [-0.1, -0.05) is 18.2 Å². The lowest BCUT2D eigenvalue weighted by Gasteiger charge is -2.21. The maximum absolute atomic E-state index is 12.9. The highest BCUT2D eigenvalue weighted by molar-refractivity contribution is 5.94. The molecule has 0 saturated heterocycles. The molecule has 0 aliphatic rings. The SMILES string of the molecule is C=CCN(Cc1ccc(OC)cc1)C(=O)c1ccc(-n2cncn2)cc1. The molecule has 132 valence electrons. The molecule has 0 aliphatic heterocycles. The van der Waals surface area contributed by atoms with Crippen molar-refractivity contribution in [2.75, 3.05) is 13.7 Å². The lowest BCUT2D eigenvalue weighted by Crippen LogP contribution is -2.30. The first-order valence-corrected chi connectivity index (χ1v) is 8.19. The molecule has 0 fully saturated rings. The van der Waals surface area contributed by atoms with Crippen LogP contribution in [0.2, 0.25) is 0 Å². The van der Waals surface area contributed by atoms with E-state index in [1.54, 1.807) is 41.2 Å². The molecule has 2 aromatic carbocycles. The molecule has 0 aliphatic carbocycles. The Morgan fingerprint density at radius 2 is 1.92 bits per heavy atom. The molecule has 1 amide bonds. The summed E-state index contributed by atoms with van der Waals surface area (Å²) < 4.78 is 6.82. The van der Waals surface area contributed by atoms with Crippen molar-refractivity contribution in [3.8, 4) is 11.4 Å². The van der Waals surface area contributed by atoms with Crippen LogP contribution in [0.1, 0.15) is 15.9 Å². The third kappa shape index (κ3) is 3.97. The van der Waals surface area contributed by atoms with Gasteiger partial charge in [-0.15, -0.1) is 6.58 Å². The number of ether oxygens (including phenoxy) is 1. The molecule has 6 nitrogen and oxygen atoms in total. The molecule has 0 N–H and O–H groups in total. The minimum atomic E-state index is -0.0501. The lowest BCUT2D eigenvalue weighted by atomic mass is 10.1. The normalized spacial score (nSPS) is 10.3. The zero-order valence-electron chi connectivity index (χ0n) is 14.6. The summed E-state index contributed by atoms with van der Waals surface area (Å²) in [4.78, 5) is 18.6. The first-order valence-electron chi connectivity index (χ1n) is 8.19. The van der Waals surface area contributed by atoms with Gasteiger partial charge in [0.05, 0.1) is 12.8 Å². The highest BCUT2D eigenvalue weighted by atomic mass is 16.5. The van der Waals surface area contributed by atoms with E-state index in [1.807, 2.05) is 36.4 Å². The lowest BCUT2D eigenvalue weighted by molar-refractivity contribution is 0.0762. The van der Waals surface area contributed by atoms with Gasteiger partial charge in [0.1, 0.15) is 18.4 Å². The molecule has 3 rings (SSSR count). The minimum Gasteiger partial charge on any atom is -0.497 e. The first kappa shape index (κ1) is 17.4. The molecule has 0 radical (unpaired) electrons. The van der Waals surface area contributed by atoms with Crippen molar-refractivity contribution in [2.45, 2.75) is 6.54 Å². The Morgan fingerprint density at radius 3 is 2.50 bits per heavy atom. The van der Waals surface area contributed by atoms with E-state index >= 15 is 0 Å². The standard InChI is InChI=1S/C20H20N4O2/c1-3-12-23(13-16-4-10-19(26-2)11-5-16)20(25)17-6-8-18(9-7-17)24-15-21-14-22-24/h3-11,14-15H,1,12-13H2,2H3. The number of nitrogens with zero attached hydrogens (tertiary/aromatic N) is 4. The molecule has 3 aromatic rings. The van der Waals surface area contributed by atoms with Crippen molar-refractivity contribution in [1.29, 1.82) is 0 Å². The fourth-order valence-electron chi connectivity index (χ4n) is 2.61. The first-order chi connectivity index (χ1) is 12.7. The van der Waals surface area contributed by atoms with Gasteiger partial charge in [-0.3, -0.25) is 4.79 Å². The fraction of sp³-hybridized carbons (Fsp3) is 0.150. The smallest absolute Gasteiger partial charge is 0.254 e. The van der Waals surface area contributed by atoms with Crippen LogP contribution >= 0.6 is 0 Å². The van der Waals surface area contributed by atoms with Gasteiger partial charge in [0.25, 0.3) is 5.91 Å². The largest absolute Gasteiger partial charge is 0.497 e. The summed E-state index contributed by atoms with van der Waals surface area (Å²) in [6.45, 7) is 4.73. The zero-order valence-corrected chi connectivity index (χ0v) is 14.6. The third-order valence-corrected chi connectivity index (χ3v) is 3.97. The Kier molecular flexibility index (Phi) is 5.43. The number of methoxy groups -OCH3 is 1. The molecule has 6 heteroatoms. The number of benzene rings is 2. The summed E-state index contributed by atoms with van der Waals surface area (Å²) in [5.74, 6) is 0.741. The Hall–Kier alpha value is -3.41. The van der Waals surface area contributed by atoms with Crippen LogP contribution in [0.4, 0.5) is 0 Å². The summed E-state index contributed by atoms with van der Waals surface area (Å²) in [5, 5.41) is 4.08. The number of carbonyl (C=O) groups excluding carboxylic acids is 1. The summed E-state index contributed by atoms with van der Waals surface area (Å²) in [6.07, 6.45) is 4.81. The number of aromatic nitrogens is 3. The van der Waals surface area contributed by atoms with Gasteiger partial charge in [0, 0.05) is 18.7 Å². The summed E-state index contributed by atoms with van der Waals surface area (Å²) >= 11 is 0. The van der Waals surface area contributed by atoms with E-state index in [2.05, 4.69) is 16.7 Å². The second-order valence-electron chi connectivity index (χ2n) is 5.71. The molecular weight excluding hydrogens is 328 g/mol.